The van der Waals surface area contributed by atoms with E-state index in [1.165, 1.54) is 12.8 Å². The Balaban J connectivity index is 1.29. The van der Waals surface area contributed by atoms with Crippen LogP contribution in [-0.4, -0.2) is 34.2 Å². The van der Waals surface area contributed by atoms with Crippen molar-refractivity contribution in [2.24, 2.45) is 5.92 Å². The van der Waals surface area contributed by atoms with Crippen molar-refractivity contribution in [3.8, 4) is 0 Å². The van der Waals surface area contributed by atoms with E-state index in [0.29, 0.717) is 12.5 Å². The molecule has 28 heavy (non-hydrogen) atoms. The lowest BCUT2D eigenvalue weighted by Crippen LogP contribution is -2.41. The quantitative estimate of drug-likeness (QED) is 0.754. The van der Waals surface area contributed by atoms with Gasteiger partial charge in [0.2, 0.25) is 5.91 Å². The van der Waals surface area contributed by atoms with Gasteiger partial charge in [0, 0.05) is 30.6 Å². The van der Waals surface area contributed by atoms with Crippen LogP contribution in [0.4, 0.5) is 11.5 Å². The topological polar surface area (TPSA) is 71.0 Å². The molecule has 1 saturated heterocycles. The molecule has 1 amide bonds. The zero-order chi connectivity index (χ0) is 18.9. The maximum Gasteiger partial charge on any atom is 0.229 e. The van der Waals surface area contributed by atoms with Gasteiger partial charge < -0.3 is 10.2 Å². The number of nitrogens with one attached hydrogen (secondary N) is 1. The number of hydrogen-bond acceptors (Lipinski definition) is 5. The van der Waals surface area contributed by atoms with Crippen LogP contribution in [0.5, 0.6) is 0 Å². The maximum absolute atomic E-state index is 12.9. The third kappa shape index (κ3) is 3.42. The molecule has 3 aromatic rings. The van der Waals surface area contributed by atoms with Crippen LogP contribution in [0.25, 0.3) is 10.9 Å². The number of piperidine rings is 1. The first-order chi connectivity index (χ1) is 13.8. The molecule has 1 unspecified atom stereocenters. The number of carbonyl (C=O) groups is 1. The Morgan fingerprint density at radius 2 is 1.93 bits per heavy atom. The van der Waals surface area contributed by atoms with E-state index in [0.717, 1.165) is 47.5 Å². The summed E-state index contributed by atoms with van der Waals surface area (Å²) in [6.07, 6.45) is 6.06. The number of aromatic nitrogens is 3. The third-order valence-electron chi connectivity index (χ3n) is 5.67. The summed E-state index contributed by atoms with van der Waals surface area (Å²) in [4.78, 5) is 19.5. The first-order valence-electron chi connectivity index (χ1n) is 10.0. The number of nitrogens with zero attached hydrogens (tertiary/aromatic N) is 4. The fourth-order valence-corrected chi connectivity index (χ4v) is 3.94. The molecule has 1 saturated carbocycles. The van der Waals surface area contributed by atoms with Gasteiger partial charge in [-0.25, -0.2) is 0 Å². The summed E-state index contributed by atoms with van der Waals surface area (Å²) in [5.41, 5.74) is 2.69. The van der Waals surface area contributed by atoms with E-state index < -0.39 is 0 Å². The Labute approximate surface area is 164 Å². The molecule has 6 heteroatoms. The SMILES string of the molecule is O=C(Nc1cccc2cccnc12)C1CCCN(c2ccc(C3CC3)nn2)C1. The second-order valence-electron chi connectivity index (χ2n) is 7.75. The molecule has 0 bridgehead atoms. The van der Waals surface area contributed by atoms with Crippen molar-refractivity contribution in [3.63, 3.8) is 0 Å². The molecule has 1 aliphatic carbocycles. The van der Waals surface area contributed by atoms with Crippen LogP contribution in [0.15, 0.2) is 48.7 Å². The van der Waals surface area contributed by atoms with Gasteiger partial charge in [0.05, 0.1) is 22.8 Å². The maximum atomic E-state index is 12.9. The minimum Gasteiger partial charge on any atom is -0.354 e. The minimum atomic E-state index is -0.0716. The van der Waals surface area contributed by atoms with E-state index in [1.54, 1.807) is 6.20 Å². The van der Waals surface area contributed by atoms with Gasteiger partial charge in [0.1, 0.15) is 0 Å². The lowest BCUT2D eigenvalue weighted by atomic mass is 9.97. The lowest BCUT2D eigenvalue weighted by Gasteiger charge is -2.32. The third-order valence-corrected chi connectivity index (χ3v) is 5.67. The van der Waals surface area contributed by atoms with Crippen molar-refractivity contribution in [3.05, 3.63) is 54.4 Å². The molecule has 2 fully saturated rings. The van der Waals surface area contributed by atoms with Crippen LogP contribution in [0.1, 0.15) is 37.3 Å². The van der Waals surface area contributed by atoms with Crippen LogP contribution in [0, 0.1) is 5.92 Å². The van der Waals surface area contributed by atoms with Crippen molar-refractivity contribution < 1.29 is 4.79 Å². The van der Waals surface area contributed by atoms with E-state index in [1.807, 2.05) is 30.3 Å². The molecule has 5 rings (SSSR count). The zero-order valence-corrected chi connectivity index (χ0v) is 15.7. The first-order valence-corrected chi connectivity index (χ1v) is 10.0. The molecule has 0 radical (unpaired) electrons. The van der Waals surface area contributed by atoms with E-state index in [-0.39, 0.29) is 11.8 Å². The Bertz CT molecular complexity index is 994. The summed E-state index contributed by atoms with van der Waals surface area (Å²) >= 11 is 0. The van der Waals surface area contributed by atoms with Crippen molar-refractivity contribution in [1.82, 2.24) is 15.2 Å². The fourth-order valence-electron chi connectivity index (χ4n) is 3.94. The standard InChI is InChI=1S/C22H23N5O/c28-22(24-19-7-1-4-16-5-2-12-23-21(16)19)17-6-3-13-27(14-17)20-11-10-18(25-26-20)15-8-9-15/h1-2,4-5,7,10-12,15,17H,3,6,8-9,13-14H2,(H,24,28). The van der Waals surface area contributed by atoms with E-state index in [2.05, 4.69) is 37.5 Å². The molecule has 1 aromatic carbocycles. The van der Waals surface area contributed by atoms with Crippen molar-refractivity contribution in [2.75, 3.05) is 23.3 Å². The first kappa shape index (κ1) is 17.1. The number of anilines is 2. The number of hydrogen-bond donors (Lipinski definition) is 1. The summed E-state index contributed by atoms with van der Waals surface area (Å²) in [6, 6.07) is 13.9. The van der Waals surface area contributed by atoms with Gasteiger partial charge in [-0.2, -0.15) is 5.10 Å². The molecule has 1 N–H and O–H groups in total. The molecule has 1 aliphatic heterocycles. The molecule has 3 heterocycles. The van der Waals surface area contributed by atoms with Gasteiger partial charge in [-0.15, -0.1) is 5.10 Å². The summed E-state index contributed by atoms with van der Waals surface area (Å²) < 4.78 is 0. The number of carbonyl (C=O) groups excluding carboxylic acids is 1. The van der Waals surface area contributed by atoms with E-state index >= 15 is 0 Å². The highest BCUT2D eigenvalue weighted by Gasteiger charge is 2.28. The molecule has 6 nitrogen and oxygen atoms in total. The van der Waals surface area contributed by atoms with E-state index in [9.17, 15) is 4.79 Å². The minimum absolute atomic E-state index is 0.0467. The van der Waals surface area contributed by atoms with E-state index in [4.69, 9.17) is 0 Å². The Hall–Kier alpha value is -3.02. The van der Waals surface area contributed by atoms with Gasteiger partial charge in [0.25, 0.3) is 0 Å². The normalized spacial score (nSPS) is 19.6. The molecule has 142 valence electrons. The summed E-state index contributed by atoms with van der Waals surface area (Å²) in [7, 11) is 0. The highest BCUT2D eigenvalue weighted by atomic mass is 16.1. The van der Waals surface area contributed by atoms with Gasteiger partial charge in [0.15, 0.2) is 5.82 Å². The van der Waals surface area contributed by atoms with Crippen molar-refractivity contribution in [1.29, 1.82) is 0 Å². The largest absolute Gasteiger partial charge is 0.354 e. The van der Waals surface area contributed by atoms with Crippen molar-refractivity contribution >= 4 is 28.3 Å². The Kier molecular flexibility index (Phi) is 4.39. The number of rotatable bonds is 4. The average Bonchev–Trinajstić information content (AvgIpc) is 3.60. The fraction of sp³-hybridized carbons (Fsp3) is 0.364. The monoisotopic (exact) mass is 373 g/mol. The summed E-state index contributed by atoms with van der Waals surface area (Å²) in [5, 5.41) is 12.9. The number of amides is 1. The van der Waals surface area contributed by atoms with Crippen LogP contribution < -0.4 is 10.2 Å². The van der Waals surface area contributed by atoms with Gasteiger partial charge in [-0.3, -0.25) is 9.78 Å². The van der Waals surface area contributed by atoms with Gasteiger partial charge in [-0.05, 0) is 49.9 Å². The lowest BCUT2D eigenvalue weighted by molar-refractivity contribution is -0.120. The van der Waals surface area contributed by atoms with Crippen LogP contribution in [-0.2, 0) is 4.79 Å². The van der Waals surface area contributed by atoms with Gasteiger partial charge >= 0.3 is 0 Å². The summed E-state index contributed by atoms with van der Waals surface area (Å²) in [5.74, 6) is 1.45. The number of benzene rings is 1. The smallest absolute Gasteiger partial charge is 0.229 e. The van der Waals surface area contributed by atoms with Gasteiger partial charge in [-0.1, -0.05) is 18.2 Å². The molecular weight excluding hydrogens is 350 g/mol. The molecule has 1 atom stereocenters. The molecule has 0 spiro atoms. The predicted octanol–water partition coefficient (Wildman–Crippen LogP) is 3.76. The zero-order valence-electron chi connectivity index (χ0n) is 15.7. The Morgan fingerprint density at radius 3 is 2.75 bits per heavy atom. The van der Waals surface area contributed by atoms with Crippen LogP contribution in [0.3, 0.4) is 0 Å². The molecule has 2 aromatic heterocycles. The average molecular weight is 373 g/mol. The van der Waals surface area contributed by atoms with Crippen LogP contribution in [0.2, 0.25) is 0 Å². The van der Waals surface area contributed by atoms with Crippen molar-refractivity contribution in [2.45, 2.75) is 31.6 Å². The summed E-state index contributed by atoms with van der Waals surface area (Å²) in [6.45, 7) is 1.58. The number of fused-ring (bicyclic) bond motifs is 1. The predicted molar refractivity (Wildman–Crippen MR) is 109 cm³/mol. The Morgan fingerprint density at radius 1 is 1.04 bits per heavy atom. The highest BCUT2D eigenvalue weighted by Crippen LogP contribution is 2.38. The second-order valence-corrected chi connectivity index (χ2v) is 7.75. The van der Waals surface area contributed by atoms with Crippen LogP contribution >= 0.6 is 0 Å². The molecular formula is C22H23N5O. The number of pyridine rings is 1. The highest BCUT2D eigenvalue weighted by molar-refractivity contribution is 6.01. The number of para-hydroxylation sites is 1. The molecule has 2 aliphatic rings. The second kappa shape index (κ2) is 7.19.